The highest BCUT2D eigenvalue weighted by atomic mass is 32.1. The molecule has 1 aromatic carbocycles. The van der Waals surface area contributed by atoms with E-state index < -0.39 is 0 Å². The Balaban J connectivity index is 1.60. The SMILES string of the molecule is COCc1nnc(NC(=O)[C@@H]2CCCN(C(=O)c3ccc(F)cc3)C2)s1. The Hall–Kier alpha value is -2.39. The summed E-state index contributed by atoms with van der Waals surface area (Å²) in [4.78, 5) is 26.7. The van der Waals surface area contributed by atoms with Crippen LogP contribution in [0.5, 0.6) is 0 Å². The summed E-state index contributed by atoms with van der Waals surface area (Å²) in [5, 5.41) is 11.7. The largest absolute Gasteiger partial charge is 0.377 e. The number of nitrogens with zero attached hydrogens (tertiary/aromatic N) is 3. The van der Waals surface area contributed by atoms with Crippen LogP contribution in [0, 0.1) is 11.7 Å². The fourth-order valence-electron chi connectivity index (χ4n) is 2.84. The van der Waals surface area contributed by atoms with Crippen LogP contribution in [0.1, 0.15) is 28.2 Å². The number of methoxy groups -OCH3 is 1. The van der Waals surface area contributed by atoms with Crippen LogP contribution in [-0.2, 0) is 16.1 Å². The van der Waals surface area contributed by atoms with Crippen LogP contribution in [0.2, 0.25) is 0 Å². The van der Waals surface area contributed by atoms with E-state index in [9.17, 15) is 14.0 Å². The average molecular weight is 378 g/mol. The van der Waals surface area contributed by atoms with Crippen LogP contribution in [0.4, 0.5) is 9.52 Å². The molecule has 0 unspecified atom stereocenters. The van der Waals surface area contributed by atoms with Gasteiger partial charge in [-0.15, -0.1) is 10.2 Å². The molecule has 138 valence electrons. The molecule has 2 aromatic rings. The quantitative estimate of drug-likeness (QED) is 0.863. The molecule has 0 saturated carbocycles. The summed E-state index contributed by atoms with van der Waals surface area (Å²) >= 11 is 1.26. The zero-order valence-corrected chi connectivity index (χ0v) is 15.1. The number of piperidine rings is 1. The second kappa shape index (κ2) is 8.33. The lowest BCUT2D eigenvalue weighted by Crippen LogP contribution is -2.43. The van der Waals surface area contributed by atoms with Gasteiger partial charge in [0.15, 0.2) is 0 Å². The average Bonchev–Trinajstić information content (AvgIpc) is 3.09. The van der Waals surface area contributed by atoms with Gasteiger partial charge in [-0.3, -0.25) is 9.59 Å². The second-order valence-electron chi connectivity index (χ2n) is 6.02. The minimum atomic E-state index is -0.387. The normalized spacial score (nSPS) is 17.2. The van der Waals surface area contributed by atoms with Crippen LogP contribution in [-0.4, -0.2) is 47.1 Å². The summed E-state index contributed by atoms with van der Waals surface area (Å²) in [6, 6.07) is 5.43. The summed E-state index contributed by atoms with van der Waals surface area (Å²) < 4.78 is 18.0. The van der Waals surface area contributed by atoms with E-state index in [2.05, 4.69) is 15.5 Å². The van der Waals surface area contributed by atoms with E-state index in [0.717, 1.165) is 6.42 Å². The van der Waals surface area contributed by atoms with Gasteiger partial charge in [0.2, 0.25) is 11.0 Å². The Bertz CT molecular complexity index is 781. The minimum Gasteiger partial charge on any atom is -0.377 e. The van der Waals surface area contributed by atoms with E-state index in [1.165, 1.54) is 35.6 Å². The lowest BCUT2D eigenvalue weighted by Gasteiger charge is -2.32. The number of benzene rings is 1. The van der Waals surface area contributed by atoms with Crippen molar-refractivity contribution in [3.63, 3.8) is 0 Å². The molecule has 1 fully saturated rings. The molecule has 1 aliphatic rings. The number of amides is 2. The van der Waals surface area contributed by atoms with E-state index >= 15 is 0 Å². The highest BCUT2D eigenvalue weighted by Crippen LogP contribution is 2.22. The molecule has 1 N–H and O–H groups in total. The highest BCUT2D eigenvalue weighted by molar-refractivity contribution is 7.15. The summed E-state index contributed by atoms with van der Waals surface area (Å²) in [7, 11) is 1.56. The third kappa shape index (κ3) is 4.41. The molecule has 1 aliphatic heterocycles. The Morgan fingerprint density at radius 2 is 2.12 bits per heavy atom. The van der Waals surface area contributed by atoms with Crippen molar-refractivity contribution in [2.24, 2.45) is 5.92 Å². The number of aromatic nitrogens is 2. The van der Waals surface area contributed by atoms with E-state index in [1.54, 1.807) is 12.0 Å². The standard InChI is InChI=1S/C17H19FN4O3S/c1-25-10-14-20-21-17(26-14)19-15(23)12-3-2-8-22(9-12)16(24)11-4-6-13(18)7-5-11/h4-7,12H,2-3,8-10H2,1H3,(H,19,21,23)/t12-/m1/s1. The maximum Gasteiger partial charge on any atom is 0.253 e. The number of likely N-dealkylation sites (tertiary alicyclic amines) is 1. The first-order valence-electron chi connectivity index (χ1n) is 8.24. The molecule has 2 heterocycles. The lowest BCUT2D eigenvalue weighted by atomic mass is 9.96. The van der Waals surface area contributed by atoms with Crippen LogP contribution < -0.4 is 5.32 Å². The molecule has 1 saturated heterocycles. The molecule has 1 atom stereocenters. The molecule has 0 bridgehead atoms. The van der Waals surface area contributed by atoms with Crippen molar-refractivity contribution in [3.05, 3.63) is 40.7 Å². The van der Waals surface area contributed by atoms with Gasteiger partial charge in [-0.1, -0.05) is 11.3 Å². The Morgan fingerprint density at radius 3 is 2.85 bits per heavy atom. The second-order valence-corrected chi connectivity index (χ2v) is 7.08. The molecular weight excluding hydrogens is 359 g/mol. The molecule has 7 nitrogen and oxygen atoms in total. The van der Waals surface area contributed by atoms with Gasteiger partial charge in [-0.25, -0.2) is 4.39 Å². The molecule has 0 spiro atoms. The Kier molecular flexibility index (Phi) is 5.89. The van der Waals surface area contributed by atoms with Crippen molar-refractivity contribution >= 4 is 28.3 Å². The van der Waals surface area contributed by atoms with Gasteiger partial charge < -0.3 is 15.0 Å². The van der Waals surface area contributed by atoms with E-state index in [-0.39, 0.29) is 23.5 Å². The van der Waals surface area contributed by atoms with Crippen molar-refractivity contribution < 1.29 is 18.7 Å². The lowest BCUT2D eigenvalue weighted by molar-refractivity contribution is -0.121. The number of nitrogens with one attached hydrogen (secondary N) is 1. The van der Waals surface area contributed by atoms with Gasteiger partial charge in [-0.05, 0) is 37.1 Å². The number of rotatable bonds is 5. The molecular formula is C17H19FN4O3S. The molecule has 9 heteroatoms. The Labute approximate surface area is 154 Å². The summed E-state index contributed by atoms with van der Waals surface area (Å²) in [6.45, 7) is 1.25. The highest BCUT2D eigenvalue weighted by Gasteiger charge is 2.29. The molecule has 0 radical (unpaired) electrons. The first-order valence-corrected chi connectivity index (χ1v) is 9.05. The van der Waals surface area contributed by atoms with Crippen molar-refractivity contribution in [1.82, 2.24) is 15.1 Å². The van der Waals surface area contributed by atoms with Crippen molar-refractivity contribution in [3.8, 4) is 0 Å². The van der Waals surface area contributed by atoms with Crippen LogP contribution >= 0.6 is 11.3 Å². The van der Waals surface area contributed by atoms with Crippen molar-refractivity contribution in [1.29, 1.82) is 0 Å². The van der Waals surface area contributed by atoms with E-state index in [0.29, 0.717) is 41.8 Å². The van der Waals surface area contributed by atoms with Gasteiger partial charge in [-0.2, -0.15) is 0 Å². The molecule has 26 heavy (non-hydrogen) atoms. The maximum absolute atomic E-state index is 13.0. The smallest absolute Gasteiger partial charge is 0.253 e. The molecule has 2 amide bonds. The third-order valence-corrected chi connectivity index (χ3v) is 4.95. The first-order chi connectivity index (χ1) is 12.6. The number of ether oxygens (including phenoxy) is 1. The molecule has 0 aliphatic carbocycles. The first kappa shape index (κ1) is 18.4. The van der Waals surface area contributed by atoms with Gasteiger partial charge in [0, 0.05) is 25.8 Å². The number of hydrogen-bond donors (Lipinski definition) is 1. The minimum absolute atomic E-state index is 0.179. The van der Waals surface area contributed by atoms with Gasteiger partial charge in [0.1, 0.15) is 17.4 Å². The zero-order valence-electron chi connectivity index (χ0n) is 14.3. The van der Waals surface area contributed by atoms with Crippen LogP contribution in [0.25, 0.3) is 0 Å². The fourth-order valence-corrected chi connectivity index (χ4v) is 3.56. The maximum atomic E-state index is 13.0. The summed E-state index contributed by atoms with van der Waals surface area (Å²) in [5.74, 6) is -1.08. The fraction of sp³-hybridized carbons (Fsp3) is 0.412. The van der Waals surface area contributed by atoms with Gasteiger partial charge in [0.25, 0.3) is 5.91 Å². The summed E-state index contributed by atoms with van der Waals surface area (Å²) in [5.41, 5.74) is 0.417. The monoisotopic (exact) mass is 378 g/mol. The number of carbonyl (C=O) groups is 2. The predicted octanol–water partition coefficient (Wildman–Crippen LogP) is 2.31. The van der Waals surface area contributed by atoms with Gasteiger partial charge >= 0.3 is 0 Å². The van der Waals surface area contributed by atoms with Crippen molar-refractivity contribution in [2.75, 3.05) is 25.5 Å². The third-order valence-electron chi connectivity index (χ3n) is 4.14. The summed E-state index contributed by atoms with van der Waals surface area (Å²) in [6.07, 6.45) is 1.43. The molecule has 1 aromatic heterocycles. The van der Waals surface area contributed by atoms with Gasteiger partial charge in [0.05, 0.1) is 5.92 Å². The number of halogens is 1. The number of carbonyl (C=O) groups excluding carboxylic acids is 2. The number of anilines is 1. The topological polar surface area (TPSA) is 84.4 Å². The van der Waals surface area contributed by atoms with E-state index in [1.807, 2.05) is 0 Å². The molecule has 3 rings (SSSR count). The number of hydrogen-bond acceptors (Lipinski definition) is 6. The van der Waals surface area contributed by atoms with Crippen LogP contribution in [0.3, 0.4) is 0 Å². The van der Waals surface area contributed by atoms with Crippen LogP contribution in [0.15, 0.2) is 24.3 Å². The zero-order chi connectivity index (χ0) is 18.5. The Morgan fingerprint density at radius 1 is 1.35 bits per heavy atom. The van der Waals surface area contributed by atoms with E-state index in [4.69, 9.17) is 4.74 Å². The predicted molar refractivity (Wildman–Crippen MR) is 94.3 cm³/mol. The van der Waals surface area contributed by atoms with Crippen molar-refractivity contribution in [2.45, 2.75) is 19.4 Å².